The minimum atomic E-state index is -4.77. The number of halogens is 7. The number of aromatic nitrogens is 4. The molecule has 1 aromatic carbocycles. The Labute approximate surface area is 171 Å². The van der Waals surface area contributed by atoms with E-state index in [0.29, 0.717) is 6.20 Å². The van der Waals surface area contributed by atoms with Gasteiger partial charge in [0.05, 0.1) is 24.6 Å². The van der Waals surface area contributed by atoms with Crippen LogP contribution in [0, 0.1) is 0 Å². The number of ether oxygens (including phenoxy) is 1. The molecule has 0 fully saturated rings. The average molecular weight is 451 g/mol. The molecule has 0 N–H and O–H groups in total. The molecule has 0 atom stereocenters. The minimum absolute atomic E-state index is 0.114. The highest BCUT2D eigenvalue weighted by Crippen LogP contribution is 2.37. The van der Waals surface area contributed by atoms with Crippen molar-refractivity contribution in [2.75, 3.05) is 7.11 Å². The zero-order chi connectivity index (χ0) is 22.3. The lowest BCUT2D eigenvalue weighted by molar-refractivity contribution is -0.141. The molecule has 12 heteroatoms. The van der Waals surface area contributed by atoms with Crippen LogP contribution in [0.15, 0.2) is 30.6 Å². The molecule has 0 amide bonds. The van der Waals surface area contributed by atoms with E-state index in [1.165, 1.54) is 26.4 Å². The molecule has 160 valence electrons. The average Bonchev–Trinajstić information content (AvgIpc) is 3.03. The molecule has 3 aromatic rings. The van der Waals surface area contributed by atoms with Crippen LogP contribution in [0.3, 0.4) is 0 Å². The predicted octanol–water partition coefficient (Wildman–Crippen LogP) is 5.17. The first-order valence-corrected chi connectivity index (χ1v) is 8.64. The third-order valence-corrected chi connectivity index (χ3v) is 4.40. The van der Waals surface area contributed by atoms with E-state index in [1.54, 1.807) is 0 Å². The van der Waals surface area contributed by atoms with Gasteiger partial charge < -0.3 is 9.30 Å². The van der Waals surface area contributed by atoms with Crippen LogP contribution in [0.1, 0.15) is 22.5 Å². The van der Waals surface area contributed by atoms with E-state index in [-0.39, 0.29) is 40.1 Å². The molecule has 30 heavy (non-hydrogen) atoms. The summed E-state index contributed by atoms with van der Waals surface area (Å²) in [5, 5.41) is -0.163. The van der Waals surface area contributed by atoms with Crippen LogP contribution in [-0.4, -0.2) is 26.6 Å². The van der Waals surface area contributed by atoms with Crippen LogP contribution >= 0.6 is 11.6 Å². The Morgan fingerprint density at radius 1 is 1.07 bits per heavy atom. The minimum Gasteiger partial charge on any atom is -0.493 e. The fourth-order valence-corrected chi connectivity index (χ4v) is 3.01. The number of nitrogens with zero attached hydrogens (tertiary/aromatic N) is 4. The van der Waals surface area contributed by atoms with Gasteiger partial charge in [0.1, 0.15) is 5.82 Å². The van der Waals surface area contributed by atoms with Gasteiger partial charge >= 0.3 is 12.4 Å². The van der Waals surface area contributed by atoms with Crippen molar-refractivity contribution in [1.29, 1.82) is 0 Å². The molecule has 0 aliphatic carbocycles. The quantitative estimate of drug-likeness (QED) is 0.406. The van der Waals surface area contributed by atoms with Gasteiger partial charge in [-0.1, -0.05) is 12.1 Å². The van der Waals surface area contributed by atoms with Gasteiger partial charge in [0, 0.05) is 25.2 Å². The lowest BCUT2D eigenvalue weighted by Gasteiger charge is -2.15. The SMILES string of the molecule is COc1cnc(Cl)nc1Cc1ccc(-c2nc(C(F)(F)F)cn2C)cc1C(F)(F)F. The Morgan fingerprint density at radius 2 is 1.77 bits per heavy atom. The molecule has 0 spiro atoms. The zero-order valence-electron chi connectivity index (χ0n) is 15.4. The summed E-state index contributed by atoms with van der Waals surface area (Å²) in [6.07, 6.45) is -7.82. The van der Waals surface area contributed by atoms with Crippen LogP contribution in [0.2, 0.25) is 5.28 Å². The predicted molar refractivity (Wildman–Crippen MR) is 95.0 cm³/mol. The summed E-state index contributed by atoms with van der Waals surface area (Å²) in [6, 6.07) is 3.19. The molecule has 5 nitrogen and oxygen atoms in total. The third kappa shape index (κ3) is 4.50. The van der Waals surface area contributed by atoms with Gasteiger partial charge in [0.15, 0.2) is 11.4 Å². The second-order valence-electron chi connectivity index (χ2n) is 6.26. The Balaban J connectivity index is 2.08. The number of imidazole rings is 1. The number of methoxy groups -OCH3 is 1. The molecule has 0 unspecified atom stereocenters. The Bertz CT molecular complexity index is 1080. The van der Waals surface area contributed by atoms with Crippen LogP contribution in [0.4, 0.5) is 26.3 Å². The van der Waals surface area contributed by atoms with E-state index in [4.69, 9.17) is 16.3 Å². The lowest BCUT2D eigenvalue weighted by Crippen LogP contribution is -2.11. The normalized spacial score (nSPS) is 12.3. The summed E-state index contributed by atoms with van der Waals surface area (Å²) in [4.78, 5) is 11.1. The van der Waals surface area contributed by atoms with Gasteiger partial charge in [-0.15, -0.1) is 0 Å². The molecular formula is C18H13ClF6N4O. The summed E-state index contributed by atoms with van der Waals surface area (Å²) in [5.74, 6) is -0.0995. The number of hydrogen-bond acceptors (Lipinski definition) is 4. The van der Waals surface area contributed by atoms with Crippen molar-refractivity contribution in [2.45, 2.75) is 18.8 Å². The Kier molecular flexibility index (Phi) is 5.68. The van der Waals surface area contributed by atoms with Crippen molar-refractivity contribution in [1.82, 2.24) is 19.5 Å². The second kappa shape index (κ2) is 7.78. The molecule has 0 saturated heterocycles. The largest absolute Gasteiger partial charge is 0.493 e. The second-order valence-corrected chi connectivity index (χ2v) is 6.60. The summed E-state index contributed by atoms with van der Waals surface area (Å²) in [5.41, 5.74) is -2.38. The van der Waals surface area contributed by atoms with Gasteiger partial charge in [0.25, 0.3) is 0 Å². The van der Waals surface area contributed by atoms with Crippen LogP contribution < -0.4 is 4.74 Å². The molecular weight excluding hydrogens is 438 g/mol. The molecule has 3 rings (SSSR count). The molecule has 0 aliphatic rings. The van der Waals surface area contributed by atoms with E-state index in [0.717, 1.165) is 16.7 Å². The van der Waals surface area contributed by atoms with Crippen LogP contribution in [0.25, 0.3) is 11.4 Å². The highest BCUT2D eigenvalue weighted by atomic mass is 35.5. The first-order valence-electron chi connectivity index (χ1n) is 8.26. The van der Waals surface area contributed by atoms with Gasteiger partial charge in [0.2, 0.25) is 5.28 Å². The van der Waals surface area contributed by atoms with Crippen LogP contribution in [-0.2, 0) is 25.8 Å². The monoisotopic (exact) mass is 450 g/mol. The lowest BCUT2D eigenvalue weighted by atomic mass is 9.99. The smallest absolute Gasteiger partial charge is 0.434 e. The first kappa shape index (κ1) is 21.9. The number of benzene rings is 1. The van der Waals surface area contributed by atoms with Gasteiger partial charge in [-0.3, -0.25) is 0 Å². The molecule has 0 aliphatic heterocycles. The van der Waals surface area contributed by atoms with Gasteiger partial charge in [-0.2, -0.15) is 26.3 Å². The highest BCUT2D eigenvalue weighted by molar-refractivity contribution is 6.28. The summed E-state index contributed by atoms with van der Waals surface area (Å²) >= 11 is 5.73. The highest BCUT2D eigenvalue weighted by Gasteiger charge is 2.36. The summed E-state index contributed by atoms with van der Waals surface area (Å²) in [6.45, 7) is 0. The van der Waals surface area contributed by atoms with E-state index >= 15 is 0 Å². The molecule has 0 radical (unpaired) electrons. The topological polar surface area (TPSA) is 52.8 Å². The van der Waals surface area contributed by atoms with Crippen molar-refractivity contribution in [3.05, 3.63) is 58.4 Å². The maximum absolute atomic E-state index is 13.7. The first-order chi connectivity index (χ1) is 13.9. The van der Waals surface area contributed by atoms with E-state index in [2.05, 4.69) is 15.0 Å². The third-order valence-electron chi connectivity index (χ3n) is 4.22. The van der Waals surface area contributed by atoms with Crippen molar-refractivity contribution in [3.8, 4) is 17.1 Å². The number of rotatable bonds is 4. The Morgan fingerprint density at radius 3 is 2.33 bits per heavy atom. The van der Waals surface area contributed by atoms with Crippen LogP contribution in [0.5, 0.6) is 5.75 Å². The maximum Gasteiger partial charge on any atom is 0.434 e. The standard InChI is InChI=1S/C18H13ClF6N4O/c1-29-8-14(18(23,24)25)28-15(29)10-4-3-9(11(5-10)17(20,21)22)6-12-13(30-2)7-26-16(19)27-12/h3-5,7-8H,6H2,1-2H3. The Hall–Kier alpha value is -2.82. The summed E-state index contributed by atoms with van der Waals surface area (Å²) in [7, 11) is 2.58. The fraction of sp³-hybridized carbons (Fsp3) is 0.278. The molecule has 0 saturated carbocycles. The maximum atomic E-state index is 13.7. The number of aryl methyl sites for hydroxylation is 1. The molecule has 2 aromatic heterocycles. The van der Waals surface area contributed by atoms with Crippen molar-refractivity contribution < 1.29 is 31.1 Å². The van der Waals surface area contributed by atoms with E-state index < -0.39 is 23.6 Å². The van der Waals surface area contributed by atoms with Crippen molar-refractivity contribution >= 4 is 11.6 Å². The zero-order valence-corrected chi connectivity index (χ0v) is 16.2. The van der Waals surface area contributed by atoms with E-state index in [9.17, 15) is 26.3 Å². The summed E-state index contributed by atoms with van der Waals surface area (Å²) < 4.78 is 85.9. The van der Waals surface area contributed by atoms with Crippen molar-refractivity contribution in [3.63, 3.8) is 0 Å². The number of alkyl halides is 6. The van der Waals surface area contributed by atoms with E-state index in [1.807, 2.05) is 0 Å². The fourth-order valence-electron chi connectivity index (χ4n) is 2.86. The molecule has 2 heterocycles. The number of hydrogen-bond donors (Lipinski definition) is 0. The van der Waals surface area contributed by atoms with Gasteiger partial charge in [-0.05, 0) is 23.2 Å². The van der Waals surface area contributed by atoms with Crippen molar-refractivity contribution in [2.24, 2.45) is 7.05 Å². The molecule has 0 bridgehead atoms. The van der Waals surface area contributed by atoms with Gasteiger partial charge in [-0.25, -0.2) is 15.0 Å².